The fraction of sp³-hybridized carbons (Fsp3) is 0.538. The van der Waals surface area contributed by atoms with Gasteiger partial charge in [0.15, 0.2) is 0 Å². The molecule has 1 aromatic rings. The molecule has 1 heterocycles. The van der Waals surface area contributed by atoms with Crippen molar-refractivity contribution < 1.29 is 5.11 Å². The number of anilines is 1. The van der Waals surface area contributed by atoms with Crippen molar-refractivity contribution in [3.63, 3.8) is 0 Å². The first-order valence-electron chi connectivity index (χ1n) is 5.71. The number of hydrogen-bond acceptors (Lipinski definition) is 4. The van der Waals surface area contributed by atoms with Crippen molar-refractivity contribution in [1.82, 2.24) is 4.98 Å². The zero-order chi connectivity index (χ0) is 12.9. The van der Waals surface area contributed by atoms with Crippen LogP contribution in [0.25, 0.3) is 0 Å². The fourth-order valence-corrected chi connectivity index (χ4v) is 1.63. The van der Waals surface area contributed by atoms with Gasteiger partial charge in [-0.05, 0) is 24.0 Å². The van der Waals surface area contributed by atoms with Crippen molar-refractivity contribution in [2.24, 2.45) is 5.41 Å². The van der Waals surface area contributed by atoms with Gasteiger partial charge < -0.3 is 10.4 Å². The van der Waals surface area contributed by atoms with Gasteiger partial charge in [0, 0.05) is 24.5 Å². The second-order valence-corrected chi connectivity index (χ2v) is 5.12. The van der Waals surface area contributed by atoms with Crippen LogP contribution in [-0.2, 0) is 0 Å². The lowest BCUT2D eigenvalue weighted by Crippen LogP contribution is -2.34. The maximum Gasteiger partial charge on any atom is 0.142 e. The van der Waals surface area contributed by atoms with Crippen LogP contribution in [0, 0.1) is 16.7 Å². The van der Waals surface area contributed by atoms with Gasteiger partial charge in [-0.15, -0.1) is 0 Å². The number of nitrogens with zero attached hydrogens (tertiary/aromatic N) is 2. The summed E-state index contributed by atoms with van der Waals surface area (Å²) in [5.41, 5.74) is 1.30. The van der Waals surface area contributed by atoms with Gasteiger partial charge in [0.1, 0.15) is 11.8 Å². The van der Waals surface area contributed by atoms with E-state index in [1.807, 2.05) is 12.1 Å². The van der Waals surface area contributed by atoms with Gasteiger partial charge in [0.05, 0.1) is 0 Å². The maximum absolute atomic E-state index is 9.07. The van der Waals surface area contributed by atoms with Gasteiger partial charge in [0.25, 0.3) is 0 Å². The van der Waals surface area contributed by atoms with Crippen LogP contribution < -0.4 is 5.32 Å². The minimum atomic E-state index is 0.0405. The molecule has 92 valence electrons. The lowest BCUT2D eigenvalue weighted by atomic mass is 9.85. The summed E-state index contributed by atoms with van der Waals surface area (Å²) in [5, 5.41) is 21.2. The van der Waals surface area contributed by atoms with E-state index in [4.69, 9.17) is 10.4 Å². The van der Waals surface area contributed by atoms with Crippen LogP contribution in [0.5, 0.6) is 0 Å². The highest BCUT2D eigenvalue weighted by Crippen LogP contribution is 2.25. The minimum Gasteiger partial charge on any atom is -0.396 e. The molecule has 2 N–H and O–H groups in total. The monoisotopic (exact) mass is 233 g/mol. The number of aliphatic hydroxyl groups is 1. The van der Waals surface area contributed by atoms with Crippen molar-refractivity contribution in [2.45, 2.75) is 33.2 Å². The van der Waals surface area contributed by atoms with E-state index in [1.165, 1.54) is 0 Å². The third-order valence-corrected chi connectivity index (χ3v) is 2.68. The first-order valence-corrected chi connectivity index (χ1v) is 5.71. The molecular formula is C13H19N3O. The number of hydrogen-bond donors (Lipinski definition) is 2. The Morgan fingerprint density at radius 1 is 1.53 bits per heavy atom. The first kappa shape index (κ1) is 13.5. The molecule has 0 aliphatic heterocycles. The van der Waals surface area contributed by atoms with Crippen LogP contribution >= 0.6 is 0 Å². The summed E-state index contributed by atoms with van der Waals surface area (Å²) in [4.78, 5) is 3.92. The van der Waals surface area contributed by atoms with Gasteiger partial charge in [-0.1, -0.05) is 20.8 Å². The molecule has 0 radical (unpaired) electrons. The molecule has 0 aromatic carbocycles. The molecule has 0 fully saturated rings. The van der Waals surface area contributed by atoms with Crippen LogP contribution in [0.4, 0.5) is 5.69 Å². The number of pyridine rings is 1. The Hall–Kier alpha value is -1.60. The van der Waals surface area contributed by atoms with Gasteiger partial charge in [-0.2, -0.15) is 5.26 Å². The van der Waals surface area contributed by atoms with Crippen molar-refractivity contribution in [2.75, 3.05) is 11.9 Å². The predicted molar refractivity (Wildman–Crippen MR) is 67.5 cm³/mol. The van der Waals surface area contributed by atoms with Gasteiger partial charge in [-0.3, -0.25) is 0 Å². The summed E-state index contributed by atoms with van der Waals surface area (Å²) in [7, 11) is 0. The molecule has 0 aliphatic rings. The van der Waals surface area contributed by atoms with Crippen molar-refractivity contribution in [3.8, 4) is 6.07 Å². The van der Waals surface area contributed by atoms with Gasteiger partial charge in [-0.25, -0.2) is 4.98 Å². The third-order valence-electron chi connectivity index (χ3n) is 2.68. The summed E-state index contributed by atoms with van der Waals surface area (Å²) in [6, 6.07) is 5.71. The van der Waals surface area contributed by atoms with Crippen LogP contribution in [-0.4, -0.2) is 22.7 Å². The van der Waals surface area contributed by atoms with Crippen LogP contribution in [0.1, 0.15) is 32.9 Å². The minimum absolute atomic E-state index is 0.0405. The van der Waals surface area contributed by atoms with Gasteiger partial charge in [0.2, 0.25) is 0 Å². The van der Waals surface area contributed by atoms with E-state index >= 15 is 0 Å². The molecule has 1 unspecified atom stereocenters. The Balaban J connectivity index is 2.83. The molecule has 0 saturated heterocycles. The van der Waals surface area contributed by atoms with E-state index < -0.39 is 0 Å². The molecule has 0 amide bonds. The molecule has 0 spiro atoms. The van der Waals surface area contributed by atoms with Gasteiger partial charge >= 0.3 is 0 Å². The Morgan fingerprint density at radius 2 is 2.24 bits per heavy atom. The summed E-state index contributed by atoms with van der Waals surface area (Å²) in [6.07, 6.45) is 2.28. The Morgan fingerprint density at radius 3 is 2.76 bits per heavy atom. The highest BCUT2D eigenvalue weighted by molar-refractivity contribution is 5.46. The largest absolute Gasteiger partial charge is 0.396 e. The van der Waals surface area contributed by atoms with E-state index in [-0.39, 0.29) is 18.1 Å². The average molecular weight is 233 g/mol. The smallest absolute Gasteiger partial charge is 0.142 e. The zero-order valence-corrected chi connectivity index (χ0v) is 10.6. The standard InChI is InChI=1S/C13H19N3O/c1-13(2,3)12(5-7-17)16-10-4-6-15-11(8-10)9-14/h4,6,8,12,17H,5,7H2,1-3H3,(H,15,16). The van der Waals surface area contributed by atoms with E-state index in [0.29, 0.717) is 12.1 Å². The van der Waals surface area contributed by atoms with Crippen molar-refractivity contribution in [3.05, 3.63) is 24.0 Å². The molecule has 0 bridgehead atoms. The summed E-state index contributed by atoms with van der Waals surface area (Å²) < 4.78 is 0. The predicted octanol–water partition coefficient (Wildman–Crippen LogP) is 2.16. The zero-order valence-electron chi connectivity index (χ0n) is 10.6. The molecule has 1 rings (SSSR count). The lowest BCUT2D eigenvalue weighted by molar-refractivity contribution is 0.235. The van der Waals surface area contributed by atoms with Crippen LogP contribution in [0.3, 0.4) is 0 Å². The first-order chi connectivity index (χ1) is 7.97. The highest BCUT2D eigenvalue weighted by atomic mass is 16.3. The molecule has 1 atom stereocenters. The van der Waals surface area contributed by atoms with Crippen molar-refractivity contribution in [1.29, 1.82) is 5.26 Å². The number of aromatic nitrogens is 1. The molecule has 1 aromatic heterocycles. The normalized spacial score (nSPS) is 12.9. The molecule has 0 aliphatic carbocycles. The molecule has 0 saturated carbocycles. The van der Waals surface area contributed by atoms with E-state index in [2.05, 4.69) is 31.1 Å². The van der Waals surface area contributed by atoms with E-state index in [0.717, 1.165) is 5.69 Å². The summed E-state index contributed by atoms with van der Waals surface area (Å²) in [6.45, 7) is 6.50. The average Bonchev–Trinajstić information content (AvgIpc) is 2.27. The molecule has 17 heavy (non-hydrogen) atoms. The molecular weight excluding hydrogens is 214 g/mol. The summed E-state index contributed by atoms with van der Waals surface area (Å²) >= 11 is 0. The van der Waals surface area contributed by atoms with Crippen LogP contribution in [0.15, 0.2) is 18.3 Å². The highest BCUT2D eigenvalue weighted by Gasteiger charge is 2.23. The van der Waals surface area contributed by atoms with E-state index in [9.17, 15) is 0 Å². The maximum atomic E-state index is 9.07. The number of nitrogens with one attached hydrogen (secondary N) is 1. The fourth-order valence-electron chi connectivity index (χ4n) is 1.63. The van der Waals surface area contributed by atoms with Crippen molar-refractivity contribution >= 4 is 5.69 Å². The second kappa shape index (κ2) is 5.65. The summed E-state index contributed by atoms with van der Waals surface area (Å²) in [5.74, 6) is 0. The Labute approximate surface area is 102 Å². The number of aliphatic hydroxyl groups excluding tert-OH is 1. The second-order valence-electron chi connectivity index (χ2n) is 5.12. The third kappa shape index (κ3) is 4.04. The van der Waals surface area contributed by atoms with Crippen LogP contribution in [0.2, 0.25) is 0 Å². The molecule has 4 heteroatoms. The quantitative estimate of drug-likeness (QED) is 0.836. The number of rotatable bonds is 4. The number of nitriles is 1. The Bertz CT molecular complexity index is 404. The topological polar surface area (TPSA) is 68.9 Å². The SMILES string of the molecule is CC(C)(C)C(CCO)Nc1ccnc(C#N)c1. The lowest BCUT2D eigenvalue weighted by Gasteiger charge is -2.32. The van der Waals surface area contributed by atoms with E-state index in [1.54, 1.807) is 12.3 Å². The molecule has 4 nitrogen and oxygen atoms in total. The Kier molecular flexibility index (Phi) is 4.47.